The highest BCUT2D eigenvalue weighted by Crippen LogP contribution is 2.23. The number of amides is 1. The van der Waals surface area contributed by atoms with E-state index in [0.717, 1.165) is 30.8 Å². The van der Waals surface area contributed by atoms with Crippen LogP contribution < -0.4 is 10.1 Å². The molecule has 1 aliphatic rings. The van der Waals surface area contributed by atoms with Crippen molar-refractivity contribution in [3.63, 3.8) is 0 Å². The lowest BCUT2D eigenvalue weighted by Gasteiger charge is -2.25. The van der Waals surface area contributed by atoms with Crippen molar-refractivity contribution in [1.82, 2.24) is 10.2 Å². The van der Waals surface area contributed by atoms with E-state index in [9.17, 15) is 9.90 Å². The Morgan fingerprint density at radius 3 is 2.58 bits per heavy atom. The fourth-order valence-electron chi connectivity index (χ4n) is 2.93. The summed E-state index contributed by atoms with van der Waals surface area (Å²) < 4.78 is 5.56. The molecule has 0 spiro atoms. The molecule has 0 aliphatic carbocycles. The number of nitrogens with one attached hydrogen (secondary N) is 1. The number of phenolic OH excluding ortho intramolecular Hbond substituents is 1. The van der Waals surface area contributed by atoms with Crippen LogP contribution in [0.25, 0.3) is 5.57 Å². The summed E-state index contributed by atoms with van der Waals surface area (Å²) in [6.07, 6.45) is 3.05. The van der Waals surface area contributed by atoms with Gasteiger partial charge in [0.15, 0.2) is 0 Å². The zero-order valence-electron chi connectivity index (χ0n) is 14.7. The molecule has 1 heterocycles. The van der Waals surface area contributed by atoms with Gasteiger partial charge in [0, 0.05) is 13.1 Å². The van der Waals surface area contributed by atoms with Crippen LogP contribution in [-0.2, 0) is 4.79 Å². The normalized spacial score (nSPS) is 14.5. The van der Waals surface area contributed by atoms with Crippen molar-refractivity contribution in [3.05, 3.63) is 66.2 Å². The van der Waals surface area contributed by atoms with Crippen LogP contribution in [0, 0.1) is 0 Å². The Morgan fingerprint density at radius 2 is 1.88 bits per heavy atom. The molecule has 0 radical (unpaired) electrons. The number of hydrogen-bond acceptors (Lipinski definition) is 4. The van der Waals surface area contributed by atoms with E-state index in [0.29, 0.717) is 19.7 Å². The standard InChI is InChI=1S/C21H24N2O3/c24-19-8-6-17(7-9-19)18-10-13-23(14-11-18)16-21(25)22-12-15-26-20-4-2-1-3-5-20/h1-10,24H,11-16H2,(H,22,25). The Morgan fingerprint density at radius 1 is 1.12 bits per heavy atom. The van der Waals surface area contributed by atoms with Gasteiger partial charge in [-0.15, -0.1) is 0 Å². The van der Waals surface area contributed by atoms with Gasteiger partial charge in [0.2, 0.25) is 5.91 Å². The highest BCUT2D eigenvalue weighted by Gasteiger charge is 2.15. The Hall–Kier alpha value is -2.79. The third-order valence-electron chi connectivity index (χ3n) is 4.33. The number of para-hydroxylation sites is 1. The Bertz CT molecular complexity index is 742. The molecule has 26 heavy (non-hydrogen) atoms. The SMILES string of the molecule is O=C(CN1CC=C(c2ccc(O)cc2)CC1)NCCOc1ccccc1. The molecule has 0 fully saturated rings. The number of phenols is 1. The van der Waals surface area contributed by atoms with Gasteiger partial charge in [-0.05, 0) is 41.8 Å². The number of carbonyl (C=O) groups excluding carboxylic acids is 1. The molecule has 0 saturated heterocycles. The molecular formula is C21H24N2O3. The van der Waals surface area contributed by atoms with E-state index in [1.807, 2.05) is 42.5 Å². The maximum Gasteiger partial charge on any atom is 0.234 e. The van der Waals surface area contributed by atoms with E-state index in [-0.39, 0.29) is 11.7 Å². The van der Waals surface area contributed by atoms with E-state index in [1.165, 1.54) is 5.57 Å². The second-order valence-corrected chi connectivity index (χ2v) is 6.27. The van der Waals surface area contributed by atoms with Gasteiger partial charge >= 0.3 is 0 Å². The van der Waals surface area contributed by atoms with Gasteiger partial charge in [0.1, 0.15) is 18.1 Å². The van der Waals surface area contributed by atoms with Crippen LogP contribution in [0.2, 0.25) is 0 Å². The lowest BCUT2D eigenvalue weighted by molar-refractivity contribution is -0.122. The predicted molar refractivity (Wildman–Crippen MR) is 102 cm³/mol. The van der Waals surface area contributed by atoms with Crippen molar-refractivity contribution in [2.45, 2.75) is 6.42 Å². The van der Waals surface area contributed by atoms with Gasteiger partial charge in [0.25, 0.3) is 0 Å². The fourth-order valence-corrected chi connectivity index (χ4v) is 2.93. The highest BCUT2D eigenvalue weighted by atomic mass is 16.5. The van der Waals surface area contributed by atoms with E-state index >= 15 is 0 Å². The molecule has 2 N–H and O–H groups in total. The molecule has 5 heteroatoms. The summed E-state index contributed by atoms with van der Waals surface area (Å²) in [5, 5.41) is 12.3. The minimum atomic E-state index is 0.0168. The molecule has 0 bridgehead atoms. The maximum atomic E-state index is 12.1. The third-order valence-corrected chi connectivity index (χ3v) is 4.33. The van der Waals surface area contributed by atoms with Crippen molar-refractivity contribution in [2.24, 2.45) is 0 Å². The summed E-state index contributed by atoms with van der Waals surface area (Å²) in [4.78, 5) is 14.2. The number of nitrogens with zero attached hydrogens (tertiary/aromatic N) is 1. The number of rotatable bonds is 7. The Labute approximate surface area is 153 Å². The van der Waals surface area contributed by atoms with Gasteiger partial charge in [-0.3, -0.25) is 9.69 Å². The summed E-state index contributed by atoms with van der Waals surface area (Å²) in [6.45, 7) is 2.95. The molecule has 1 amide bonds. The first-order chi connectivity index (χ1) is 12.7. The maximum absolute atomic E-state index is 12.1. The van der Waals surface area contributed by atoms with Gasteiger partial charge in [-0.2, -0.15) is 0 Å². The molecule has 3 rings (SSSR count). The molecule has 1 aliphatic heterocycles. The summed E-state index contributed by atoms with van der Waals surface area (Å²) >= 11 is 0. The zero-order valence-corrected chi connectivity index (χ0v) is 14.7. The van der Waals surface area contributed by atoms with E-state index in [1.54, 1.807) is 12.1 Å². The first-order valence-electron chi connectivity index (χ1n) is 8.86. The van der Waals surface area contributed by atoms with Gasteiger partial charge in [-0.1, -0.05) is 36.4 Å². The van der Waals surface area contributed by atoms with Crippen molar-refractivity contribution < 1.29 is 14.6 Å². The largest absolute Gasteiger partial charge is 0.508 e. The van der Waals surface area contributed by atoms with E-state index in [4.69, 9.17) is 4.74 Å². The second kappa shape index (κ2) is 9.06. The smallest absolute Gasteiger partial charge is 0.234 e. The third kappa shape index (κ3) is 5.36. The number of aromatic hydroxyl groups is 1. The predicted octanol–water partition coefficient (Wildman–Crippen LogP) is 2.68. The van der Waals surface area contributed by atoms with Gasteiger partial charge in [0.05, 0.1) is 13.1 Å². The lowest BCUT2D eigenvalue weighted by atomic mass is 9.99. The topological polar surface area (TPSA) is 61.8 Å². The molecule has 0 aromatic heterocycles. The lowest BCUT2D eigenvalue weighted by Crippen LogP contribution is -2.40. The molecule has 0 saturated carbocycles. The van der Waals surface area contributed by atoms with Crippen molar-refractivity contribution in [2.75, 3.05) is 32.8 Å². The van der Waals surface area contributed by atoms with Crippen LogP contribution in [0.1, 0.15) is 12.0 Å². The fraction of sp³-hybridized carbons (Fsp3) is 0.286. The number of ether oxygens (including phenoxy) is 1. The average molecular weight is 352 g/mol. The molecule has 0 unspecified atom stereocenters. The van der Waals surface area contributed by atoms with Gasteiger partial charge < -0.3 is 15.2 Å². The summed E-state index contributed by atoms with van der Waals surface area (Å²) in [5.41, 5.74) is 2.39. The van der Waals surface area contributed by atoms with Crippen LogP contribution in [0.5, 0.6) is 11.5 Å². The second-order valence-electron chi connectivity index (χ2n) is 6.27. The van der Waals surface area contributed by atoms with Crippen LogP contribution in [0.4, 0.5) is 0 Å². The van der Waals surface area contributed by atoms with E-state index < -0.39 is 0 Å². The molecule has 5 nitrogen and oxygen atoms in total. The van der Waals surface area contributed by atoms with Crippen LogP contribution >= 0.6 is 0 Å². The first kappa shape index (κ1) is 18.0. The van der Waals surface area contributed by atoms with Crippen molar-refractivity contribution in [3.8, 4) is 11.5 Å². The summed E-state index contributed by atoms with van der Waals surface area (Å²) in [7, 11) is 0. The molecule has 2 aromatic carbocycles. The highest BCUT2D eigenvalue weighted by molar-refractivity contribution is 5.78. The number of carbonyl (C=O) groups is 1. The summed E-state index contributed by atoms with van der Waals surface area (Å²) in [6, 6.07) is 16.8. The molecular weight excluding hydrogens is 328 g/mol. The van der Waals surface area contributed by atoms with Crippen molar-refractivity contribution >= 4 is 11.5 Å². The number of hydrogen-bond donors (Lipinski definition) is 2. The average Bonchev–Trinajstić information content (AvgIpc) is 2.67. The number of benzene rings is 2. The van der Waals surface area contributed by atoms with Crippen LogP contribution in [0.15, 0.2) is 60.7 Å². The Balaban J connectivity index is 1.37. The van der Waals surface area contributed by atoms with Gasteiger partial charge in [-0.25, -0.2) is 0 Å². The Kier molecular flexibility index (Phi) is 6.28. The van der Waals surface area contributed by atoms with Crippen LogP contribution in [-0.4, -0.2) is 48.7 Å². The molecule has 136 valence electrons. The molecule has 0 atom stereocenters. The van der Waals surface area contributed by atoms with Crippen LogP contribution in [0.3, 0.4) is 0 Å². The summed E-state index contributed by atoms with van der Waals surface area (Å²) in [5.74, 6) is 1.10. The monoisotopic (exact) mass is 352 g/mol. The quantitative estimate of drug-likeness (QED) is 0.752. The van der Waals surface area contributed by atoms with Crippen molar-refractivity contribution in [1.29, 1.82) is 0 Å². The first-order valence-corrected chi connectivity index (χ1v) is 8.86. The minimum Gasteiger partial charge on any atom is -0.508 e. The molecule has 2 aromatic rings. The zero-order chi connectivity index (χ0) is 18.2. The van der Waals surface area contributed by atoms with E-state index in [2.05, 4.69) is 16.3 Å². The minimum absolute atomic E-state index is 0.0168.